The summed E-state index contributed by atoms with van der Waals surface area (Å²) in [6, 6.07) is 8.54. The Hall–Kier alpha value is -2.23. The lowest BCUT2D eigenvalue weighted by molar-refractivity contribution is 0.0939. The quantitative estimate of drug-likeness (QED) is 0.914. The van der Waals surface area contributed by atoms with Gasteiger partial charge in [0.1, 0.15) is 11.6 Å². The maximum Gasteiger partial charge on any atom is 0.251 e. The molecule has 0 saturated carbocycles. The van der Waals surface area contributed by atoms with Gasteiger partial charge in [-0.2, -0.15) is 0 Å². The summed E-state index contributed by atoms with van der Waals surface area (Å²) in [5.41, 5.74) is 3.37. The van der Waals surface area contributed by atoms with Crippen LogP contribution in [0.3, 0.4) is 0 Å². The largest absolute Gasteiger partial charge is 0.345 e. The van der Waals surface area contributed by atoms with E-state index in [4.69, 9.17) is 0 Å². The molecule has 4 heteroatoms. The second kappa shape index (κ2) is 5.87. The van der Waals surface area contributed by atoms with Crippen LogP contribution in [0.1, 0.15) is 46.4 Å². The van der Waals surface area contributed by atoms with Crippen LogP contribution in [0.15, 0.2) is 36.4 Å². The highest BCUT2D eigenvalue weighted by molar-refractivity contribution is 5.94. The van der Waals surface area contributed by atoms with Gasteiger partial charge in [0.05, 0.1) is 6.04 Å². The maximum atomic E-state index is 13.7. The molecule has 1 amide bonds. The second-order valence-corrected chi connectivity index (χ2v) is 5.70. The average Bonchev–Trinajstić information content (AvgIpc) is 2.94. The van der Waals surface area contributed by atoms with Crippen LogP contribution in [0, 0.1) is 11.6 Å². The molecule has 0 heterocycles. The summed E-state index contributed by atoms with van der Waals surface area (Å²) >= 11 is 0. The fourth-order valence-electron chi connectivity index (χ4n) is 2.92. The number of halogens is 2. The molecule has 1 aliphatic carbocycles. The first-order chi connectivity index (χ1) is 10.5. The van der Waals surface area contributed by atoms with Crippen LogP contribution >= 0.6 is 0 Å². The number of aryl methyl sites for hydroxylation is 2. The monoisotopic (exact) mass is 301 g/mol. The molecule has 0 bridgehead atoms. The summed E-state index contributed by atoms with van der Waals surface area (Å²) in [6.07, 6.45) is 3.19. The minimum Gasteiger partial charge on any atom is -0.345 e. The SMILES string of the molecule is C[C@@H](NC(=O)c1ccc2c(c1)CCC2)c1ccc(F)cc1F. The van der Waals surface area contributed by atoms with Gasteiger partial charge in [-0.1, -0.05) is 12.1 Å². The topological polar surface area (TPSA) is 29.1 Å². The molecule has 0 saturated heterocycles. The van der Waals surface area contributed by atoms with Crippen LogP contribution in [-0.4, -0.2) is 5.91 Å². The number of carbonyl (C=O) groups is 1. The first-order valence-corrected chi connectivity index (χ1v) is 7.42. The van der Waals surface area contributed by atoms with Crippen molar-refractivity contribution in [3.8, 4) is 0 Å². The van der Waals surface area contributed by atoms with E-state index in [1.165, 1.54) is 23.3 Å². The molecule has 22 heavy (non-hydrogen) atoms. The third kappa shape index (κ3) is 2.86. The van der Waals surface area contributed by atoms with Gasteiger partial charge in [0.25, 0.3) is 5.91 Å². The van der Waals surface area contributed by atoms with Crippen LogP contribution in [0.2, 0.25) is 0 Å². The van der Waals surface area contributed by atoms with Crippen molar-refractivity contribution in [2.45, 2.75) is 32.2 Å². The van der Waals surface area contributed by atoms with Gasteiger partial charge in [0.2, 0.25) is 0 Å². The fraction of sp³-hybridized carbons (Fsp3) is 0.278. The van der Waals surface area contributed by atoms with E-state index in [1.54, 1.807) is 13.0 Å². The molecule has 1 atom stereocenters. The molecule has 114 valence electrons. The normalized spacial score (nSPS) is 14.5. The summed E-state index contributed by atoms with van der Waals surface area (Å²) < 4.78 is 26.7. The summed E-state index contributed by atoms with van der Waals surface area (Å²) in [5.74, 6) is -1.52. The predicted octanol–water partition coefficient (Wildman–Crippen LogP) is 3.94. The standard InChI is InChI=1S/C18H17F2NO/c1-11(16-8-7-15(19)10-17(16)20)21-18(22)14-6-5-12-3-2-4-13(12)9-14/h5-11H,2-4H2,1H3,(H,21,22)/t11-/m1/s1. The number of rotatable bonds is 3. The highest BCUT2D eigenvalue weighted by Crippen LogP contribution is 2.23. The Morgan fingerprint density at radius 1 is 1.09 bits per heavy atom. The zero-order valence-electron chi connectivity index (χ0n) is 12.3. The van der Waals surface area contributed by atoms with E-state index in [-0.39, 0.29) is 11.5 Å². The van der Waals surface area contributed by atoms with Crippen molar-refractivity contribution in [2.75, 3.05) is 0 Å². The molecule has 2 nitrogen and oxygen atoms in total. The van der Waals surface area contributed by atoms with Crippen LogP contribution in [0.25, 0.3) is 0 Å². The summed E-state index contributed by atoms with van der Waals surface area (Å²) in [4.78, 5) is 12.3. The number of hydrogen-bond acceptors (Lipinski definition) is 1. The Morgan fingerprint density at radius 2 is 1.86 bits per heavy atom. The molecule has 3 rings (SSSR count). The van der Waals surface area contributed by atoms with Crippen molar-refractivity contribution >= 4 is 5.91 Å². The van der Waals surface area contributed by atoms with Gasteiger partial charge in [-0.15, -0.1) is 0 Å². The van der Waals surface area contributed by atoms with E-state index < -0.39 is 17.7 Å². The van der Waals surface area contributed by atoms with E-state index >= 15 is 0 Å². The van der Waals surface area contributed by atoms with Gasteiger partial charge < -0.3 is 5.32 Å². The summed E-state index contributed by atoms with van der Waals surface area (Å²) in [6.45, 7) is 1.68. The Bertz CT molecular complexity index is 727. The first-order valence-electron chi connectivity index (χ1n) is 7.42. The highest BCUT2D eigenvalue weighted by Gasteiger charge is 2.17. The molecule has 0 aliphatic heterocycles. The van der Waals surface area contributed by atoms with Gasteiger partial charge in [0.15, 0.2) is 0 Å². The average molecular weight is 301 g/mol. The lowest BCUT2D eigenvalue weighted by Crippen LogP contribution is -2.27. The van der Waals surface area contributed by atoms with Gasteiger partial charge in [0, 0.05) is 17.2 Å². The van der Waals surface area contributed by atoms with Gasteiger partial charge in [-0.3, -0.25) is 4.79 Å². The third-order valence-corrected chi connectivity index (χ3v) is 4.14. The smallest absolute Gasteiger partial charge is 0.251 e. The molecule has 1 aliphatic rings. The fourth-order valence-corrected chi connectivity index (χ4v) is 2.92. The number of carbonyl (C=O) groups excluding carboxylic acids is 1. The van der Waals surface area contributed by atoms with Gasteiger partial charge >= 0.3 is 0 Å². The second-order valence-electron chi connectivity index (χ2n) is 5.70. The van der Waals surface area contributed by atoms with Gasteiger partial charge in [-0.05, 0) is 55.5 Å². The Morgan fingerprint density at radius 3 is 2.64 bits per heavy atom. The van der Waals surface area contributed by atoms with Crippen molar-refractivity contribution in [3.63, 3.8) is 0 Å². The first kappa shape index (κ1) is 14.7. The summed E-state index contributed by atoms with van der Waals surface area (Å²) in [5, 5.41) is 2.76. The third-order valence-electron chi connectivity index (χ3n) is 4.14. The molecule has 1 N–H and O–H groups in total. The van der Waals surface area contributed by atoms with E-state index in [0.29, 0.717) is 5.56 Å². The number of fused-ring (bicyclic) bond motifs is 1. The van der Waals surface area contributed by atoms with Crippen molar-refractivity contribution < 1.29 is 13.6 Å². The van der Waals surface area contributed by atoms with E-state index in [0.717, 1.165) is 25.3 Å². The molecule has 0 radical (unpaired) electrons. The molecule has 0 unspecified atom stereocenters. The lowest BCUT2D eigenvalue weighted by Gasteiger charge is -2.15. The molecule has 0 fully saturated rings. The maximum absolute atomic E-state index is 13.7. The molecule has 2 aromatic rings. The number of hydrogen-bond donors (Lipinski definition) is 1. The number of amides is 1. The van der Waals surface area contributed by atoms with E-state index in [2.05, 4.69) is 5.32 Å². The van der Waals surface area contributed by atoms with Crippen molar-refractivity contribution in [3.05, 3.63) is 70.3 Å². The van der Waals surface area contributed by atoms with Crippen LogP contribution in [-0.2, 0) is 12.8 Å². The Kier molecular flexibility index (Phi) is 3.92. The van der Waals surface area contributed by atoms with Crippen LogP contribution < -0.4 is 5.32 Å². The van der Waals surface area contributed by atoms with Crippen molar-refractivity contribution in [1.29, 1.82) is 0 Å². The van der Waals surface area contributed by atoms with Crippen molar-refractivity contribution in [2.24, 2.45) is 0 Å². The molecule has 0 spiro atoms. The Balaban J connectivity index is 1.76. The van der Waals surface area contributed by atoms with Crippen LogP contribution in [0.5, 0.6) is 0 Å². The Labute approximate surface area is 128 Å². The minimum atomic E-state index is -0.651. The van der Waals surface area contributed by atoms with E-state index in [1.807, 2.05) is 12.1 Å². The zero-order valence-corrected chi connectivity index (χ0v) is 12.3. The predicted molar refractivity (Wildman–Crippen MR) is 80.7 cm³/mol. The van der Waals surface area contributed by atoms with E-state index in [9.17, 15) is 13.6 Å². The van der Waals surface area contributed by atoms with Gasteiger partial charge in [-0.25, -0.2) is 8.78 Å². The molecule has 2 aromatic carbocycles. The zero-order chi connectivity index (χ0) is 15.7. The number of nitrogens with one attached hydrogen (secondary N) is 1. The minimum absolute atomic E-state index is 0.245. The van der Waals surface area contributed by atoms with Crippen molar-refractivity contribution in [1.82, 2.24) is 5.32 Å². The molecular formula is C18H17F2NO. The summed E-state index contributed by atoms with van der Waals surface area (Å²) in [7, 11) is 0. The van der Waals surface area contributed by atoms with Crippen LogP contribution in [0.4, 0.5) is 8.78 Å². The highest BCUT2D eigenvalue weighted by atomic mass is 19.1. The molecule has 0 aromatic heterocycles. The number of benzene rings is 2. The molecular weight excluding hydrogens is 284 g/mol. The lowest BCUT2D eigenvalue weighted by atomic mass is 10.0.